The summed E-state index contributed by atoms with van der Waals surface area (Å²) in [7, 11) is 0. The summed E-state index contributed by atoms with van der Waals surface area (Å²) in [6, 6.07) is 3.27. The largest absolute Gasteiger partial charge is 0.346 e. The molecule has 0 radical (unpaired) electrons. The molecule has 0 atom stereocenters. The summed E-state index contributed by atoms with van der Waals surface area (Å²) in [5, 5.41) is 2.15. The average Bonchev–Trinajstić information content (AvgIpc) is 2.96. The Labute approximate surface area is 122 Å². The van der Waals surface area contributed by atoms with Crippen LogP contribution >= 0.6 is 39.5 Å². The molecule has 2 heterocycles. The molecule has 0 bridgehead atoms. The molecule has 1 fully saturated rings. The minimum absolute atomic E-state index is 0.313. The number of nitrogens with one attached hydrogen (secondary N) is 1. The normalized spacial score (nSPS) is 16.8. The average molecular weight is 350 g/mol. The highest BCUT2D eigenvalue weighted by molar-refractivity contribution is 9.10. The molecule has 2 aromatic rings. The summed E-state index contributed by atoms with van der Waals surface area (Å²) in [4.78, 5) is 3.12. The van der Waals surface area contributed by atoms with Gasteiger partial charge in [-0.1, -0.05) is 11.6 Å². The first-order valence-electron chi connectivity index (χ1n) is 5.74. The minimum Gasteiger partial charge on any atom is -0.346 e. The van der Waals surface area contributed by atoms with Crippen LogP contribution in [-0.2, 0) is 0 Å². The highest BCUT2D eigenvalue weighted by atomic mass is 79.9. The van der Waals surface area contributed by atoms with Gasteiger partial charge in [0.25, 0.3) is 0 Å². The van der Waals surface area contributed by atoms with E-state index in [1.54, 1.807) is 11.9 Å². The fourth-order valence-corrected chi connectivity index (χ4v) is 3.80. The number of aromatic nitrogens is 1. The number of halogens is 3. The quantitative estimate of drug-likeness (QED) is 0.619. The van der Waals surface area contributed by atoms with Crippen LogP contribution in [-0.4, -0.2) is 22.4 Å². The third-order valence-electron chi connectivity index (χ3n) is 3.02. The Balaban J connectivity index is 1.99. The van der Waals surface area contributed by atoms with Crippen LogP contribution in [0.1, 0.15) is 12.8 Å². The van der Waals surface area contributed by atoms with E-state index in [9.17, 15) is 4.39 Å². The lowest BCUT2D eigenvalue weighted by atomic mass is 10.2. The van der Waals surface area contributed by atoms with E-state index in [4.69, 9.17) is 11.6 Å². The lowest BCUT2D eigenvalue weighted by molar-refractivity contribution is 0.585. The van der Waals surface area contributed by atoms with E-state index in [1.807, 2.05) is 6.07 Å². The van der Waals surface area contributed by atoms with Gasteiger partial charge in [-0.15, -0.1) is 0 Å². The molecule has 1 aliphatic rings. The van der Waals surface area contributed by atoms with E-state index in [0.717, 1.165) is 28.0 Å². The maximum absolute atomic E-state index is 13.8. The first kappa shape index (κ1) is 12.8. The standard InChI is InChI=1S/C12H11BrClFN2S/c13-11-7-5-10(18-17-3-1-2-4-17)16-12(7)9(15)6-8(11)14/h5-6,16H,1-4H2. The zero-order valence-electron chi connectivity index (χ0n) is 9.47. The molecule has 1 N–H and O–H groups in total. The molecule has 3 rings (SSSR count). The fraction of sp³-hybridized carbons (Fsp3) is 0.333. The molecule has 0 saturated carbocycles. The van der Waals surface area contributed by atoms with Crippen LogP contribution in [0.3, 0.4) is 0 Å². The van der Waals surface area contributed by atoms with Gasteiger partial charge in [0.05, 0.1) is 15.6 Å². The first-order chi connectivity index (χ1) is 8.65. The number of hydrogen-bond donors (Lipinski definition) is 1. The summed E-state index contributed by atoms with van der Waals surface area (Å²) >= 11 is 11.0. The van der Waals surface area contributed by atoms with E-state index in [-0.39, 0.29) is 5.82 Å². The molecule has 0 amide bonds. The van der Waals surface area contributed by atoms with Crippen LogP contribution in [0, 0.1) is 5.82 Å². The zero-order chi connectivity index (χ0) is 12.7. The molecule has 6 heteroatoms. The SMILES string of the molecule is Fc1cc(Cl)c(Br)c2cc(SN3CCCC3)[nH]c12. The van der Waals surface area contributed by atoms with Crippen LogP contribution < -0.4 is 0 Å². The third kappa shape index (κ3) is 2.29. The van der Waals surface area contributed by atoms with Gasteiger partial charge in [0.1, 0.15) is 5.82 Å². The monoisotopic (exact) mass is 348 g/mol. The smallest absolute Gasteiger partial charge is 0.148 e. The third-order valence-corrected chi connectivity index (χ3v) is 5.44. The lowest BCUT2D eigenvalue weighted by Crippen LogP contribution is -2.08. The van der Waals surface area contributed by atoms with Crippen molar-refractivity contribution in [1.29, 1.82) is 0 Å². The number of benzene rings is 1. The Morgan fingerprint density at radius 2 is 2.06 bits per heavy atom. The van der Waals surface area contributed by atoms with Crippen molar-refractivity contribution in [3.8, 4) is 0 Å². The molecule has 1 aliphatic heterocycles. The lowest BCUT2D eigenvalue weighted by Gasteiger charge is -2.10. The minimum atomic E-state index is -0.313. The Hall–Kier alpha value is -0.230. The molecule has 2 nitrogen and oxygen atoms in total. The zero-order valence-corrected chi connectivity index (χ0v) is 12.6. The van der Waals surface area contributed by atoms with Gasteiger partial charge < -0.3 is 4.98 Å². The molecule has 1 aromatic carbocycles. The molecule has 0 spiro atoms. The van der Waals surface area contributed by atoms with E-state index < -0.39 is 0 Å². The van der Waals surface area contributed by atoms with Crippen LogP contribution in [0.4, 0.5) is 4.39 Å². The first-order valence-corrected chi connectivity index (χ1v) is 7.69. The Kier molecular flexibility index (Phi) is 3.58. The van der Waals surface area contributed by atoms with Crippen molar-refractivity contribution < 1.29 is 4.39 Å². The van der Waals surface area contributed by atoms with Crippen molar-refractivity contribution in [2.45, 2.75) is 17.9 Å². The second-order valence-electron chi connectivity index (χ2n) is 4.30. The number of aromatic amines is 1. The van der Waals surface area contributed by atoms with E-state index in [1.165, 1.54) is 18.9 Å². The summed E-state index contributed by atoms with van der Waals surface area (Å²) < 4.78 is 16.8. The van der Waals surface area contributed by atoms with Crippen LogP contribution in [0.2, 0.25) is 5.02 Å². The summed E-state index contributed by atoms with van der Waals surface area (Å²) in [5.41, 5.74) is 0.507. The Bertz CT molecular complexity index is 595. The van der Waals surface area contributed by atoms with Gasteiger partial charge in [-0.2, -0.15) is 0 Å². The predicted molar refractivity (Wildman–Crippen MR) is 77.6 cm³/mol. The molecule has 1 aromatic heterocycles. The molecule has 18 heavy (non-hydrogen) atoms. The summed E-state index contributed by atoms with van der Waals surface area (Å²) in [6.07, 6.45) is 2.47. The Morgan fingerprint density at radius 1 is 1.33 bits per heavy atom. The van der Waals surface area contributed by atoms with Gasteiger partial charge in [0, 0.05) is 22.9 Å². The molecule has 96 valence electrons. The van der Waals surface area contributed by atoms with Crippen LogP contribution in [0.25, 0.3) is 10.9 Å². The van der Waals surface area contributed by atoms with Crippen molar-refractivity contribution in [1.82, 2.24) is 9.29 Å². The van der Waals surface area contributed by atoms with Crippen LogP contribution in [0.5, 0.6) is 0 Å². The number of nitrogens with zero attached hydrogens (tertiary/aromatic N) is 1. The molecule has 0 unspecified atom stereocenters. The summed E-state index contributed by atoms with van der Waals surface area (Å²) in [5.74, 6) is -0.313. The Morgan fingerprint density at radius 3 is 2.78 bits per heavy atom. The predicted octanol–water partition coefficient (Wildman–Crippen LogP) is 4.83. The van der Waals surface area contributed by atoms with Crippen molar-refractivity contribution in [3.63, 3.8) is 0 Å². The van der Waals surface area contributed by atoms with Crippen molar-refractivity contribution in [3.05, 3.63) is 27.4 Å². The van der Waals surface area contributed by atoms with Crippen molar-refractivity contribution in [2.24, 2.45) is 0 Å². The van der Waals surface area contributed by atoms with E-state index in [0.29, 0.717) is 10.5 Å². The van der Waals surface area contributed by atoms with Gasteiger partial charge in [-0.25, -0.2) is 8.70 Å². The molecular weight excluding hydrogens is 339 g/mol. The van der Waals surface area contributed by atoms with E-state index in [2.05, 4.69) is 25.2 Å². The van der Waals surface area contributed by atoms with Gasteiger partial charge in [0.2, 0.25) is 0 Å². The highest BCUT2D eigenvalue weighted by Crippen LogP contribution is 2.36. The topological polar surface area (TPSA) is 19.0 Å². The number of rotatable bonds is 2. The second-order valence-corrected chi connectivity index (χ2v) is 6.64. The van der Waals surface area contributed by atoms with Gasteiger partial charge >= 0.3 is 0 Å². The van der Waals surface area contributed by atoms with Crippen LogP contribution in [0.15, 0.2) is 21.6 Å². The summed E-state index contributed by atoms with van der Waals surface area (Å²) in [6.45, 7) is 2.18. The number of fused-ring (bicyclic) bond motifs is 1. The number of hydrogen-bond acceptors (Lipinski definition) is 2. The van der Waals surface area contributed by atoms with Gasteiger partial charge in [-0.3, -0.25) is 0 Å². The molecule has 0 aliphatic carbocycles. The van der Waals surface area contributed by atoms with Crippen molar-refractivity contribution in [2.75, 3.05) is 13.1 Å². The molecular formula is C12H11BrClFN2S. The van der Waals surface area contributed by atoms with Gasteiger partial charge in [-0.05, 0) is 52.9 Å². The van der Waals surface area contributed by atoms with Crippen molar-refractivity contribution >= 4 is 50.4 Å². The van der Waals surface area contributed by atoms with E-state index >= 15 is 0 Å². The number of H-pyrrole nitrogens is 1. The van der Waals surface area contributed by atoms with Gasteiger partial charge in [0.15, 0.2) is 0 Å². The highest BCUT2D eigenvalue weighted by Gasteiger charge is 2.17. The fourth-order valence-electron chi connectivity index (χ4n) is 2.13. The molecule has 1 saturated heterocycles. The maximum Gasteiger partial charge on any atom is 0.148 e. The maximum atomic E-state index is 13.8. The second kappa shape index (κ2) is 5.04.